The van der Waals surface area contributed by atoms with Crippen LogP contribution in [0.1, 0.15) is 21.5 Å². The lowest BCUT2D eigenvalue weighted by Gasteiger charge is -2.11. The molecule has 0 aliphatic rings. The number of carbonyl (C=O) groups is 1. The number of carbonyl (C=O) groups excluding carboxylic acids is 1. The minimum atomic E-state index is -4.03. The van der Waals surface area contributed by atoms with Crippen molar-refractivity contribution in [1.29, 1.82) is 0 Å². The van der Waals surface area contributed by atoms with E-state index in [1.807, 2.05) is 18.4 Å². The highest BCUT2D eigenvalue weighted by Gasteiger charge is 2.19. The van der Waals surface area contributed by atoms with Gasteiger partial charge in [0.25, 0.3) is 15.9 Å². The molecule has 0 spiro atoms. The highest BCUT2D eigenvalue weighted by atomic mass is 32.2. The number of para-hydroxylation sites is 1. The van der Waals surface area contributed by atoms with Crippen molar-refractivity contribution in [3.63, 3.8) is 0 Å². The van der Waals surface area contributed by atoms with E-state index in [4.69, 9.17) is 0 Å². The molecule has 0 atom stereocenters. The number of amides is 1. The molecule has 9 heteroatoms. The average Bonchev–Trinajstić information content (AvgIpc) is 3.10. The summed E-state index contributed by atoms with van der Waals surface area (Å²) in [6.45, 7) is 8.32. The van der Waals surface area contributed by atoms with Gasteiger partial charge in [-0.1, -0.05) is 29.5 Å². The molecule has 0 aliphatic heterocycles. The zero-order chi connectivity index (χ0) is 24.5. The largest absolute Gasteiger partial charge is 0.312 e. The fourth-order valence-electron chi connectivity index (χ4n) is 3.44. The summed E-state index contributed by atoms with van der Waals surface area (Å²) < 4.78 is 44.1. The Labute approximate surface area is 200 Å². The SMILES string of the molecule is C=CCn1c(=NC(=O)c2ccccc2NS(=O)(=O)c2ccc(F)cc2)sc2cc(C)c(C)cc21. The second-order valence-electron chi connectivity index (χ2n) is 7.71. The molecule has 0 radical (unpaired) electrons. The molecule has 4 aromatic rings. The van der Waals surface area contributed by atoms with Gasteiger partial charge in [0.2, 0.25) is 0 Å². The van der Waals surface area contributed by atoms with E-state index in [0.29, 0.717) is 11.3 Å². The van der Waals surface area contributed by atoms with Crippen LogP contribution in [0.3, 0.4) is 0 Å². The van der Waals surface area contributed by atoms with Gasteiger partial charge in [-0.3, -0.25) is 9.52 Å². The lowest BCUT2D eigenvalue weighted by atomic mass is 10.1. The molecule has 1 heterocycles. The van der Waals surface area contributed by atoms with Crippen molar-refractivity contribution in [1.82, 2.24) is 4.57 Å². The predicted octanol–water partition coefficient (Wildman–Crippen LogP) is 5.19. The number of benzene rings is 3. The number of nitrogens with one attached hydrogen (secondary N) is 1. The van der Waals surface area contributed by atoms with Gasteiger partial charge in [0, 0.05) is 6.54 Å². The number of nitrogens with zero attached hydrogens (tertiary/aromatic N) is 2. The minimum absolute atomic E-state index is 0.0867. The van der Waals surface area contributed by atoms with Crippen molar-refractivity contribution >= 4 is 43.2 Å². The lowest BCUT2D eigenvalue weighted by Crippen LogP contribution is -2.18. The number of aromatic nitrogens is 1. The summed E-state index contributed by atoms with van der Waals surface area (Å²) in [6.07, 6.45) is 1.73. The molecule has 1 aromatic heterocycles. The second kappa shape index (κ2) is 9.36. The molecular weight excluding hydrogens is 473 g/mol. The lowest BCUT2D eigenvalue weighted by molar-refractivity contribution is 0.0998. The second-order valence-corrected chi connectivity index (χ2v) is 10.4. The number of anilines is 1. The smallest absolute Gasteiger partial charge is 0.281 e. The van der Waals surface area contributed by atoms with Gasteiger partial charge in [-0.15, -0.1) is 6.58 Å². The topological polar surface area (TPSA) is 80.5 Å². The zero-order valence-electron chi connectivity index (χ0n) is 18.6. The third kappa shape index (κ3) is 4.71. The van der Waals surface area contributed by atoms with Gasteiger partial charge in [0.05, 0.1) is 26.4 Å². The van der Waals surface area contributed by atoms with Crippen molar-refractivity contribution in [2.45, 2.75) is 25.3 Å². The van der Waals surface area contributed by atoms with Crippen molar-refractivity contribution in [3.05, 3.63) is 101 Å². The van der Waals surface area contributed by atoms with Gasteiger partial charge in [-0.2, -0.15) is 4.99 Å². The van der Waals surface area contributed by atoms with Gasteiger partial charge in [-0.05, 0) is 73.5 Å². The monoisotopic (exact) mass is 495 g/mol. The Morgan fingerprint density at radius 2 is 1.79 bits per heavy atom. The Hall–Kier alpha value is -3.56. The summed E-state index contributed by atoms with van der Waals surface area (Å²) in [7, 11) is -4.03. The van der Waals surface area contributed by atoms with E-state index in [2.05, 4.69) is 28.4 Å². The first-order valence-corrected chi connectivity index (χ1v) is 12.7. The zero-order valence-corrected chi connectivity index (χ0v) is 20.2. The highest BCUT2D eigenvalue weighted by molar-refractivity contribution is 7.92. The van der Waals surface area contributed by atoms with E-state index in [1.165, 1.54) is 23.5 Å². The van der Waals surface area contributed by atoms with E-state index >= 15 is 0 Å². The quantitative estimate of drug-likeness (QED) is 0.374. The summed E-state index contributed by atoms with van der Waals surface area (Å²) >= 11 is 1.38. The number of allylic oxidation sites excluding steroid dienone is 1. The highest BCUT2D eigenvalue weighted by Crippen LogP contribution is 2.24. The summed E-state index contributed by atoms with van der Waals surface area (Å²) in [5, 5.41) is 0. The molecule has 3 aromatic carbocycles. The number of sulfonamides is 1. The van der Waals surface area contributed by atoms with Crippen LogP contribution in [-0.4, -0.2) is 18.9 Å². The maximum absolute atomic E-state index is 13.2. The Bertz CT molecular complexity index is 1580. The molecule has 0 aliphatic carbocycles. The van der Waals surface area contributed by atoms with E-state index in [-0.39, 0.29) is 16.1 Å². The van der Waals surface area contributed by atoms with Crippen molar-refractivity contribution in [2.24, 2.45) is 4.99 Å². The Morgan fingerprint density at radius 1 is 1.12 bits per heavy atom. The molecule has 0 saturated heterocycles. The fraction of sp³-hybridized carbons (Fsp3) is 0.120. The molecule has 4 rings (SSSR count). The number of aryl methyl sites for hydroxylation is 2. The van der Waals surface area contributed by atoms with Crippen LogP contribution in [0.25, 0.3) is 10.2 Å². The number of rotatable bonds is 6. The van der Waals surface area contributed by atoms with Crippen LogP contribution >= 0.6 is 11.3 Å². The molecule has 34 heavy (non-hydrogen) atoms. The number of halogens is 1. The summed E-state index contributed by atoms with van der Waals surface area (Å²) in [4.78, 5) is 17.9. The molecule has 6 nitrogen and oxygen atoms in total. The number of hydrogen-bond acceptors (Lipinski definition) is 4. The van der Waals surface area contributed by atoms with Crippen LogP contribution in [0.15, 0.2) is 83.2 Å². The average molecular weight is 496 g/mol. The summed E-state index contributed by atoms with van der Waals surface area (Å²) in [6, 6.07) is 14.8. The number of hydrogen-bond donors (Lipinski definition) is 1. The van der Waals surface area contributed by atoms with Crippen molar-refractivity contribution in [2.75, 3.05) is 4.72 Å². The van der Waals surface area contributed by atoms with Gasteiger partial charge >= 0.3 is 0 Å². The molecular formula is C25H22FN3O3S2. The molecule has 174 valence electrons. The third-order valence-electron chi connectivity index (χ3n) is 5.33. The van der Waals surface area contributed by atoms with E-state index in [9.17, 15) is 17.6 Å². The first-order chi connectivity index (χ1) is 16.2. The Kier molecular flexibility index (Phi) is 6.49. The van der Waals surface area contributed by atoms with E-state index in [1.54, 1.807) is 18.2 Å². The van der Waals surface area contributed by atoms with Crippen LogP contribution in [0.4, 0.5) is 10.1 Å². The predicted molar refractivity (Wildman–Crippen MR) is 133 cm³/mol. The Balaban J connectivity index is 1.77. The maximum atomic E-state index is 13.2. The van der Waals surface area contributed by atoms with E-state index < -0.39 is 21.7 Å². The summed E-state index contributed by atoms with van der Waals surface area (Å²) in [5.74, 6) is -1.13. The van der Waals surface area contributed by atoms with Gasteiger partial charge < -0.3 is 4.57 Å². The van der Waals surface area contributed by atoms with Crippen LogP contribution in [-0.2, 0) is 16.6 Å². The minimum Gasteiger partial charge on any atom is -0.312 e. The third-order valence-corrected chi connectivity index (χ3v) is 7.76. The maximum Gasteiger partial charge on any atom is 0.281 e. The molecule has 1 amide bonds. The molecule has 0 saturated carbocycles. The van der Waals surface area contributed by atoms with Gasteiger partial charge in [0.15, 0.2) is 4.80 Å². The molecule has 0 fully saturated rings. The van der Waals surface area contributed by atoms with Gasteiger partial charge in [0.1, 0.15) is 5.82 Å². The van der Waals surface area contributed by atoms with Crippen molar-refractivity contribution in [3.8, 4) is 0 Å². The Morgan fingerprint density at radius 3 is 2.50 bits per heavy atom. The van der Waals surface area contributed by atoms with Crippen molar-refractivity contribution < 1.29 is 17.6 Å². The fourth-order valence-corrected chi connectivity index (χ4v) is 5.63. The summed E-state index contributed by atoms with van der Waals surface area (Å²) in [5.41, 5.74) is 3.40. The number of fused-ring (bicyclic) bond motifs is 1. The molecule has 0 unspecified atom stereocenters. The number of thiazole rings is 1. The van der Waals surface area contributed by atoms with Crippen LogP contribution in [0.5, 0.6) is 0 Å². The normalized spacial score (nSPS) is 12.1. The van der Waals surface area contributed by atoms with Gasteiger partial charge in [-0.25, -0.2) is 12.8 Å². The van der Waals surface area contributed by atoms with Crippen LogP contribution < -0.4 is 9.52 Å². The van der Waals surface area contributed by atoms with Crippen LogP contribution in [0.2, 0.25) is 0 Å². The first-order valence-electron chi connectivity index (χ1n) is 10.4. The molecule has 1 N–H and O–H groups in total. The standard InChI is InChI=1S/C25H22FN3O3S2/c1-4-13-29-22-14-16(2)17(3)15-23(22)33-25(29)27-24(30)20-7-5-6-8-21(20)28-34(31,32)19-11-9-18(26)10-12-19/h4-12,14-15,28H,1,13H2,2-3H3. The molecule has 0 bridgehead atoms. The van der Waals surface area contributed by atoms with Crippen LogP contribution in [0, 0.1) is 19.7 Å². The first kappa shape index (κ1) is 23.6. The van der Waals surface area contributed by atoms with E-state index in [0.717, 1.165) is 45.6 Å².